The topological polar surface area (TPSA) is 58.6 Å². The maximum Gasteiger partial charge on any atom is 0.244 e. The Morgan fingerprint density at radius 3 is 2.25 bits per heavy atom. The minimum absolute atomic E-state index is 0.240. The molecule has 1 heterocycles. The third-order valence-electron chi connectivity index (χ3n) is 5.79. The van der Waals surface area contributed by atoms with Crippen LogP contribution in [0.4, 0.5) is 5.69 Å². The van der Waals surface area contributed by atoms with Crippen molar-refractivity contribution in [3.63, 3.8) is 0 Å². The molecule has 4 rings (SSSR count). The zero-order valence-corrected chi connectivity index (χ0v) is 17.2. The summed E-state index contributed by atoms with van der Waals surface area (Å²) in [5.41, 5.74) is 4.49. The zero-order chi connectivity index (χ0) is 19.6. The normalized spacial score (nSPS) is 16.8. The van der Waals surface area contributed by atoms with Crippen molar-refractivity contribution in [2.45, 2.75) is 50.0 Å². The SMILES string of the molecule is COc1cc2c(cc1S(=O)(=O)NCc1ccc(N3CCCC3)cc1)CCCC2. The van der Waals surface area contributed by atoms with Gasteiger partial charge in [0.1, 0.15) is 10.6 Å². The highest BCUT2D eigenvalue weighted by atomic mass is 32.2. The third kappa shape index (κ3) is 4.03. The number of sulfonamides is 1. The van der Waals surface area contributed by atoms with Crippen molar-refractivity contribution in [1.29, 1.82) is 0 Å². The van der Waals surface area contributed by atoms with Crippen LogP contribution < -0.4 is 14.4 Å². The van der Waals surface area contributed by atoms with Gasteiger partial charge in [0, 0.05) is 25.3 Å². The fourth-order valence-electron chi connectivity index (χ4n) is 4.17. The van der Waals surface area contributed by atoms with E-state index in [1.807, 2.05) is 18.2 Å². The number of aryl methyl sites for hydroxylation is 2. The monoisotopic (exact) mass is 400 g/mol. The van der Waals surface area contributed by atoms with Crippen LogP contribution in [0.5, 0.6) is 5.75 Å². The van der Waals surface area contributed by atoms with E-state index in [0.717, 1.165) is 49.9 Å². The number of nitrogens with one attached hydrogen (secondary N) is 1. The molecular formula is C22H28N2O3S. The van der Waals surface area contributed by atoms with Crippen molar-refractivity contribution in [2.75, 3.05) is 25.1 Å². The molecule has 5 nitrogen and oxygen atoms in total. The molecule has 1 aliphatic heterocycles. The number of hydrogen-bond acceptors (Lipinski definition) is 4. The number of fused-ring (bicyclic) bond motifs is 1. The van der Waals surface area contributed by atoms with Crippen LogP contribution in [0.15, 0.2) is 41.3 Å². The molecule has 0 unspecified atom stereocenters. The van der Waals surface area contributed by atoms with Crippen LogP contribution >= 0.6 is 0 Å². The molecule has 0 aromatic heterocycles. The maximum atomic E-state index is 12.9. The van der Waals surface area contributed by atoms with Crippen LogP contribution in [0.1, 0.15) is 42.4 Å². The average molecular weight is 401 g/mol. The van der Waals surface area contributed by atoms with Gasteiger partial charge in [-0.2, -0.15) is 0 Å². The van der Waals surface area contributed by atoms with Gasteiger partial charge in [-0.05, 0) is 79.5 Å². The van der Waals surface area contributed by atoms with Gasteiger partial charge in [0.2, 0.25) is 10.0 Å². The summed E-state index contributed by atoms with van der Waals surface area (Å²) in [6.45, 7) is 2.47. The summed E-state index contributed by atoms with van der Waals surface area (Å²) >= 11 is 0. The highest BCUT2D eigenvalue weighted by molar-refractivity contribution is 7.89. The van der Waals surface area contributed by atoms with Crippen LogP contribution in [0.2, 0.25) is 0 Å². The Hall–Kier alpha value is -2.05. The largest absolute Gasteiger partial charge is 0.495 e. The Morgan fingerprint density at radius 2 is 1.61 bits per heavy atom. The number of nitrogens with zero attached hydrogens (tertiary/aromatic N) is 1. The second-order valence-corrected chi connectivity index (χ2v) is 9.40. The zero-order valence-electron chi connectivity index (χ0n) is 16.4. The first-order valence-electron chi connectivity index (χ1n) is 10.1. The summed E-state index contributed by atoms with van der Waals surface area (Å²) in [6, 6.07) is 11.9. The molecule has 0 saturated carbocycles. The molecule has 0 spiro atoms. The van der Waals surface area contributed by atoms with Gasteiger partial charge in [-0.1, -0.05) is 12.1 Å². The van der Waals surface area contributed by atoms with Gasteiger partial charge in [0.05, 0.1) is 7.11 Å². The van der Waals surface area contributed by atoms with Crippen molar-refractivity contribution < 1.29 is 13.2 Å². The molecule has 1 N–H and O–H groups in total. The van der Waals surface area contributed by atoms with Crippen LogP contribution in [-0.2, 0) is 29.4 Å². The molecule has 2 aromatic carbocycles. The number of benzene rings is 2. The molecule has 150 valence electrons. The maximum absolute atomic E-state index is 12.9. The van der Waals surface area contributed by atoms with E-state index in [-0.39, 0.29) is 11.4 Å². The molecule has 1 saturated heterocycles. The fraction of sp³-hybridized carbons (Fsp3) is 0.455. The highest BCUT2D eigenvalue weighted by Gasteiger charge is 2.23. The molecule has 0 amide bonds. The smallest absolute Gasteiger partial charge is 0.244 e. The Bertz CT molecular complexity index is 933. The minimum Gasteiger partial charge on any atom is -0.495 e. The summed E-state index contributed by atoms with van der Waals surface area (Å²) < 4.78 is 34.0. The van der Waals surface area contributed by atoms with Crippen molar-refractivity contribution in [2.24, 2.45) is 0 Å². The second kappa shape index (κ2) is 8.13. The van der Waals surface area contributed by atoms with E-state index in [2.05, 4.69) is 21.8 Å². The van der Waals surface area contributed by atoms with Gasteiger partial charge in [0.25, 0.3) is 0 Å². The molecular weight excluding hydrogens is 372 g/mol. The predicted octanol–water partition coefficient (Wildman–Crippen LogP) is 3.65. The van der Waals surface area contributed by atoms with Gasteiger partial charge in [-0.15, -0.1) is 0 Å². The molecule has 0 bridgehead atoms. The van der Waals surface area contributed by atoms with Gasteiger partial charge in [-0.25, -0.2) is 13.1 Å². The number of rotatable bonds is 6. The van der Waals surface area contributed by atoms with E-state index in [4.69, 9.17) is 4.74 Å². The van der Waals surface area contributed by atoms with E-state index < -0.39 is 10.0 Å². The Balaban J connectivity index is 1.49. The average Bonchev–Trinajstić information content (AvgIpc) is 3.26. The van der Waals surface area contributed by atoms with E-state index in [1.54, 1.807) is 6.07 Å². The molecule has 28 heavy (non-hydrogen) atoms. The van der Waals surface area contributed by atoms with Crippen molar-refractivity contribution in [3.05, 3.63) is 53.1 Å². The van der Waals surface area contributed by atoms with E-state index >= 15 is 0 Å². The lowest BCUT2D eigenvalue weighted by atomic mass is 9.92. The molecule has 0 atom stereocenters. The first kappa shape index (κ1) is 19.3. The molecule has 0 radical (unpaired) electrons. The van der Waals surface area contributed by atoms with Crippen LogP contribution in [-0.4, -0.2) is 28.6 Å². The van der Waals surface area contributed by atoms with E-state index in [1.165, 1.54) is 31.2 Å². The Morgan fingerprint density at radius 1 is 0.964 bits per heavy atom. The fourth-order valence-corrected chi connectivity index (χ4v) is 5.38. The summed E-state index contributed by atoms with van der Waals surface area (Å²) in [5.74, 6) is 0.428. The first-order valence-corrected chi connectivity index (χ1v) is 11.6. The first-order chi connectivity index (χ1) is 13.6. The van der Waals surface area contributed by atoms with Gasteiger partial charge >= 0.3 is 0 Å². The van der Waals surface area contributed by atoms with Crippen LogP contribution in [0.25, 0.3) is 0 Å². The minimum atomic E-state index is -3.65. The number of ether oxygens (including phenoxy) is 1. The third-order valence-corrected chi connectivity index (χ3v) is 7.21. The molecule has 1 fully saturated rings. The summed E-state index contributed by atoms with van der Waals surface area (Å²) in [4.78, 5) is 2.61. The van der Waals surface area contributed by atoms with Gasteiger partial charge < -0.3 is 9.64 Å². The number of methoxy groups -OCH3 is 1. The van der Waals surface area contributed by atoms with Crippen molar-refractivity contribution >= 4 is 15.7 Å². The lowest BCUT2D eigenvalue weighted by molar-refractivity contribution is 0.401. The number of anilines is 1. The Labute approximate surface area is 167 Å². The van der Waals surface area contributed by atoms with E-state index in [9.17, 15) is 8.42 Å². The summed E-state index contributed by atoms with van der Waals surface area (Å²) in [5, 5.41) is 0. The van der Waals surface area contributed by atoms with Gasteiger partial charge in [0.15, 0.2) is 0 Å². The molecule has 6 heteroatoms. The second-order valence-electron chi connectivity index (χ2n) is 7.66. The van der Waals surface area contributed by atoms with Crippen molar-refractivity contribution in [1.82, 2.24) is 4.72 Å². The van der Waals surface area contributed by atoms with Crippen LogP contribution in [0.3, 0.4) is 0 Å². The van der Waals surface area contributed by atoms with Gasteiger partial charge in [-0.3, -0.25) is 0 Å². The quantitative estimate of drug-likeness (QED) is 0.804. The molecule has 2 aliphatic rings. The lowest BCUT2D eigenvalue weighted by Crippen LogP contribution is -2.24. The van der Waals surface area contributed by atoms with Crippen LogP contribution in [0, 0.1) is 0 Å². The predicted molar refractivity (Wildman–Crippen MR) is 112 cm³/mol. The van der Waals surface area contributed by atoms with E-state index in [0.29, 0.717) is 5.75 Å². The number of hydrogen-bond donors (Lipinski definition) is 1. The Kier molecular flexibility index (Phi) is 5.60. The summed E-state index contributed by atoms with van der Waals surface area (Å²) in [6.07, 6.45) is 6.65. The summed E-state index contributed by atoms with van der Waals surface area (Å²) in [7, 11) is -2.12. The standard InChI is InChI=1S/C22H28N2O3S/c1-27-21-14-18-6-2-3-7-19(18)15-22(21)28(25,26)23-16-17-8-10-20(11-9-17)24-12-4-5-13-24/h8-11,14-15,23H,2-7,12-13,16H2,1H3. The van der Waals surface area contributed by atoms with Crippen molar-refractivity contribution in [3.8, 4) is 5.75 Å². The lowest BCUT2D eigenvalue weighted by Gasteiger charge is -2.20. The molecule has 2 aromatic rings. The highest BCUT2D eigenvalue weighted by Crippen LogP contribution is 2.32. The molecule has 1 aliphatic carbocycles.